The van der Waals surface area contributed by atoms with Crippen LogP contribution in [0.3, 0.4) is 0 Å². The number of aliphatic hydroxyl groups is 1. The van der Waals surface area contributed by atoms with Crippen molar-refractivity contribution >= 4 is 12.0 Å². The van der Waals surface area contributed by atoms with E-state index in [0.717, 1.165) is 19.4 Å². The van der Waals surface area contributed by atoms with Crippen LogP contribution in [0.2, 0.25) is 0 Å². The van der Waals surface area contributed by atoms with Crippen LogP contribution in [0, 0.1) is 5.92 Å². The number of urea groups is 1. The van der Waals surface area contributed by atoms with Gasteiger partial charge in [-0.2, -0.15) is 0 Å². The second kappa shape index (κ2) is 6.58. The van der Waals surface area contributed by atoms with E-state index in [4.69, 9.17) is 10.2 Å². The molecule has 2 unspecified atom stereocenters. The summed E-state index contributed by atoms with van der Waals surface area (Å²) >= 11 is 0. The van der Waals surface area contributed by atoms with Gasteiger partial charge in [0.25, 0.3) is 0 Å². The minimum absolute atomic E-state index is 0.0275. The Kier molecular flexibility index (Phi) is 5.40. The van der Waals surface area contributed by atoms with E-state index >= 15 is 0 Å². The van der Waals surface area contributed by atoms with Crippen LogP contribution < -0.4 is 5.32 Å². The minimum Gasteiger partial charge on any atom is -0.479 e. The average Bonchev–Trinajstić information content (AvgIpc) is 2.28. The van der Waals surface area contributed by atoms with E-state index < -0.39 is 12.1 Å². The van der Waals surface area contributed by atoms with Crippen LogP contribution in [0.15, 0.2) is 0 Å². The quantitative estimate of drug-likeness (QED) is 0.690. The number of amides is 2. The molecule has 18 heavy (non-hydrogen) atoms. The first kappa shape index (κ1) is 14.8. The van der Waals surface area contributed by atoms with Gasteiger partial charge < -0.3 is 20.4 Å². The molecule has 0 aromatic rings. The third kappa shape index (κ3) is 4.18. The van der Waals surface area contributed by atoms with Gasteiger partial charge in [-0.25, -0.2) is 9.59 Å². The van der Waals surface area contributed by atoms with Crippen LogP contribution in [0.5, 0.6) is 0 Å². The van der Waals surface area contributed by atoms with Crippen molar-refractivity contribution in [3.63, 3.8) is 0 Å². The third-order valence-corrected chi connectivity index (χ3v) is 3.38. The number of rotatable bonds is 4. The van der Waals surface area contributed by atoms with Crippen molar-refractivity contribution in [1.29, 1.82) is 0 Å². The lowest BCUT2D eigenvalue weighted by atomic mass is 9.94. The van der Waals surface area contributed by atoms with Gasteiger partial charge in [-0.3, -0.25) is 0 Å². The van der Waals surface area contributed by atoms with Crippen LogP contribution in [-0.4, -0.2) is 52.3 Å². The molecular formula is C12H22N2O4. The fourth-order valence-corrected chi connectivity index (χ4v) is 2.25. The number of carbonyl (C=O) groups excluding carboxylic acids is 1. The van der Waals surface area contributed by atoms with E-state index in [-0.39, 0.29) is 25.0 Å². The molecule has 0 radical (unpaired) electrons. The first-order chi connectivity index (χ1) is 8.41. The Hall–Kier alpha value is -1.30. The van der Waals surface area contributed by atoms with Crippen molar-refractivity contribution in [2.24, 2.45) is 5.92 Å². The van der Waals surface area contributed by atoms with Crippen molar-refractivity contribution < 1.29 is 19.8 Å². The van der Waals surface area contributed by atoms with E-state index in [2.05, 4.69) is 12.2 Å². The topological polar surface area (TPSA) is 89.9 Å². The van der Waals surface area contributed by atoms with Gasteiger partial charge in [0.15, 0.2) is 6.10 Å². The second-order valence-electron chi connectivity index (χ2n) is 5.05. The molecule has 0 saturated carbocycles. The number of nitrogens with zero attached hydrogens (tertiary/aromatic N) is 1. The van der Waals surface area contributed by atoms with Crippen molar-refractivity contribution in [1.82, 2.24) is 10.2 Å². The number of carboxylic acid groups (broad SMARTS) is 1. The number of carbonyl (C=O) groups is 2. The molecule has 1 rings (SSSR count). The van der Waals surface area contributed by atoms with Crippen molar-refractivity contribution in [2.75, 3.05) is 13.1 Å². The Labute approximate surface area is 107 Å². The molecule has 1 aliphatic heterocycles. The molecular weight excluding hydrogens is 236 g/mol. The lowest BCUT2D eigenvalue weighted by Crippen LogP contribution is -2.49. The summed E-state index contributed by atoms with van der Waals surface area (Å²) in [4.78, 5) is 24.0. The van der Waals surface area contributed by atoms with Gasteiger partial charge in [0.05, 0.1) is 0 Å². The molecule has 0 aromatic heterocycles. The first-order valence-electron chi connectivity index (χ1n) is 6.37. The maximum Gasteiger partial charge on any atom is 0.332 e. The van der Waals surface area contributed by atoms with Crippen molar-refractivity contribution in [2.45, 2.75) is 45.3 Å². The zero-order valence-corrected chi connectivity index (χ0v) is 10.9. The number of aliphatic hydroxyl groups excluding tert-OH is 1. The molecule has 6 nitrogen and oxygen atoms in total. The minimum atomic E-state index is -1.41. The molecule has 6 heteroatoms. The highest BCUT2D eigenvalue weighted by Gasteiger charge is 2.26. The third-order valence-electron chi connectivity index (χ3n) is 3.38. The first-order valence-corrected chi connectivity index (χ1v) is 6.37. The van der Waals surface area contributed by atoms with Gasteiger partial charge in [0.2, 0.25) is 0 Å². The summed E-state index contributed by atoms with van der Waals surface area (Å²) in [7, 11) is 0. The average molecular weight is 258 g/mol. The fraction of sp³-hybridized carbons (Fsp3) is 0.833. The maximum absolute atomic E-state index is 11.9. The van der Waals surface area contributed by atoms with Gasteiger partial charge in [-0.1, -0.05) is 6.92 Å². The number of hydrogen-bond donors (Lipinski definition) is 3. The Balaban J connectivity index is 2.30. The zero-order valence-electron chi connectivity index (χ0n) is 10.9. The molecule has 3 N–H and O–H groups in total. The number of nitrogens with one attached hydrogen (secondary N) is 1. The summed E-state index contributed by atoms with van der Waals surface area (Å²) in [5.74, 6) is -0.623. The standard InChI is InChI=1S/C12H22N2O4/c1-8-4-6-14(9(2)7-8)12(18)13-5-3-10(15)11(16)17/h8-10,15H,3-7H2,1-2H3,(H,13,18)(H,16,17)/t8?,9?,10-/m0/s1. The van der Waals surface area contributed by atoms with E-state index in [9.17, 15) is 9.59 Å². The summed E-state index contributed by atoms with van der Waals surface area (Å²) < 4.78 is 0. The van der Waals surface area contributed by atoms with Crippen LogP contribution in [-0.2, 0) is 4.79 Å². The summed E-state index contributed by atoms with van der Waals surface area (Å²) in [5, 5.41) is 20.2. The highest BCUT2D eigenvalue weighted by atomic mass is 16.4. The number of hydrogen-bond acceptors (Lipinski definition) is 3. The van der Waals surface area contributed by atoms with Gasteiger partial charge in [0.1, 0.15) is 0 Å². The molecule has 2 amide bonds. The summed E-state index contributed by atoms with van der Waals surface area (Å²) in [6.07, 6.45) is 0.601. The maximum atomic E-state index is 11.9. The molecule has 104 valence electrons. The molecule has 1 heterocycles. The van der Waals surface area contributed by atoms with E-state index in [1.807, 2.05) is 6.92 Å². The second-order valence-corrected chi connectivity index (χ2v) is 5.05. The van der Waals surface area contributed by atoms with E-state index in [0.29, 0.717) is 5.92 Å². The molecule has 0 bridgehead atoms. The van der Waals surface area contributed by atoms with Crippen LogP contribution in [0.25, 0.3) is 0 Å². The van der Waals surface area contributed by atoms with Gasteiger partial charge >= 0.3 is 12.0 Å². The fourth-order valence-electron chi connectivity index (χ4n) is 2.25. The van der Waals surface area contributed by atoms with Crippen LogP contribution in [0.1, 0.15) is 33.1 Å². The number of likely N-dealkylation sites (tertiary alicyclic amines) is 1. The molecule has 1 aliphatic rings. The lowest BCUT2D eigenvalue weighted by molar-refractivity contribution is -0.146. The van der Waals surface area contributed by atoms with Gasteiger partial charge in [-0.15, -0.1) is 0 Å². The molecule has 1 fully saturated rings. The molecule has 1 saturated heterocycles. The van der Waals surface area contributed by atoms with Crippen molar-refractivity contribution in [3.8, 4) is 0 Å². The summed E-state index contributed by atoms with van der Waals surface area (Å²) in [5.41, 5.74) is 0. The Bertz CT molecular complexity index is 308. The largest absolute Gasteiger partial charge is 0.479 e. The Morgan fingerprint density at radius 1 is 1.44 bits per heavy atom. The van der Waals surface area contributed by atoms with Crippen LogP contribution in [0.4, 0.5) is 4.79 Å². The molecule has 0 aromatic carbocycles. The predicted octanol–water partition coefficient (Wildman–Crippen LogP) is 0.652. The highest BCUT2D eigenvalue weighted by Crippen LogP contribution is 2.21. The van der Waals surface area contributed by atoms with Crippen molar-refractivity contribution in [3.05, 3.63) is 0 Å². The van der Waals surface area contributed by atoms with E-state index in [1.54, 1.807) is 4.90 Å². The highest BCUT2D eigenvalue weighted by molar-refractivity contribution is 5.75. The smallest absolute Gasteiger partial charge is 0.332 e. The molecule has 3 atom stereocenters. The van der Waals surface area contributed by atoms with Gasteiger partial charge in [0, 0.05) is 25.6 Å². The van der Waals surface area contributed by atoms with Crippen LogP contribution >= 0.6 is 0 Å². The lowest BCUT2D eigenvalue weighted by Gasteiger charge is -2.36. The predicted molar refractivity (Wildman–Crippen MR) is 66.2 cm³/mol. The molecule has 0 aliphatic carbocycles. The normalized spacial score (nSPS) is 25.6. The SMILES string of the molecule is CC1CCN(C(=O)NCC[C@H](O)C(=O)O)C(C)C1. The number of aliphatic carboxylic acids is 1. The summed E-state index contributed by atoms with van der Waals surface area (Å²) in [6, 6.07) is 0.0325. The van der Waals surface area contributed by atoms with E-state index in [1.165, 1.54) is 0 Å². The van der Waals surface area contributed by atoms with Gasteiger partial charge in [-0.05, 0) is 25.7 Å². The number of carboxylic acids is 1. The number of piperidine rings is 1. The summed E-state index contributed by atoms with van der Waals surface area (Å²) in [6.45, 7) is 5.09. The Morgan fingerprint density at radius 3 is 2.67 bits per heavy atom. The Morgan fingerprint density at radius 2 is 2.11 bits per heavy atom. The zero-order chi connectivity index (χ0) is 13.7. The molecule has 0 spiro atoms. The monoisotopic (exact) mass is 258 g/mol.